The van der Waals surface area contributed by atoms with Crippen molar-refractivity contribution in [2.24, 2.45) is 5.73 Å². The SMILES string of the molecule is CC(=O)Nc1c(C(=O)CCCN)cccc1C(F)(F)F. The van der Waals surface area contributed by atoms with Crippen molar-refractivity contribution in [1.29, 1.82) is 0 Å². The van der Waals surface area contributed by atoms with Crippen LogP contribution in [0.5, 0.6) is 0 Å². The van der Waals surface area contributed by atoms with E-state index in [9.17, 15) is 22.8 Å². The molecule has 0 saturated carbocycles. The number of benzene rings is 1. The summed E-state index contributed by atoms with van der Waals surface area (Å²) in [7, 11) is 0. The summed E-state index contributed by atoms with van der Waals surface area (Å²) in [5.74, 6) is -1.15. The highest BCUT2D eigenvalue weighted by atomic mass is 19.4. The zero-order chi connectivity index (χ0) is 15.3. The molecule has 0 bridgehead atoms. The summed E-state index contributed by atoms with van der Waals surface area (Å²) < 4.78 is 38.7. The van der Waals surface area contributed by atoms with Crippen LogP contribution in [0.4, 0.5) is 18.9 Å². The molecule has 0 aliphatic heterocycles. The molecule has 0 saturated heterocycles. The molecule has 1 rings (SSSR count). The quantitative estimate of drug-likeness (QED) is 0.818. The number of nitrogens with one attached hydrogen (secondary N) is 1. The molecule has 7 heteroatoms. The van der Waals surface area contributed by atoms with Crippen molar-refractivity contribution < 1.29 is 22.8 Å². The number of carbonyl (C=O) groups is 2. The smallest absolute Gasteiger partial charge is 0.330 e. The number of para-hydroxylation sites is 1. The lowest BCUT2D eigenvalue weighted by molar-refractivity contribution is -0.137. The molecular weight excluding hydrogens is 273 g/mol. The van der Waals surface area contributed by atoms with Gasteiger partial charge in [0.15, 0.2) is 5.78 Å². The summed E-state index contributed by atoms with van der Waals surface area (Å²) >= 11 is 0. The molecule has 1 aromatic carbocycles. The highest BCUT2D eigenvalue weighted by Gasteiger charge is 2.35. The van der Waals surface area contributed by atoms with E-state index in [1.54, 1.807) is 0 Å². The van der Waals surface area contributed by atoms with E-state index in [4.69, 9.17) is 5.73 Å². The average molecular weight is 288 g/mol. The molecule has 0 spiro atoms. The number of hydrogen-bond donors (Lipinski definition) is 2. The first kappa shape index (κ1) is 16.2. The molecule has 110 valence electrons. The summed E-state index contributed by atoms with van der Waals surface area (Å²) in [6, 6.07) is 3.23. The van der Waals surface area contributed by atoms with Gasteiger partial charge < -0.3 is 11.1 Å². The molecule has 0 unspecified atom stereocenters. The van der Waals surface area contributed by atoms with Crippen molar-refractivity contribution in [3.05, 3.63) is 29.3 Å². The molecule has 20 heavy (non-hydrogen) atoms. The Labute approximate surface area is 114 Å². The maximum atomic E-state index is 12.9. The summed E-state index contributed by atoms with van der Waals surface area (Å²) in [5.41, 5.74) is 3.59. The van der Waals surface area contributed by atoms with Crippen molar-refractivity contribution >= 4 is 17.4 Å². The Morgan fingerprint density at radius 3 is 2.45 bits per heavy atom. The van der Waals surface area contributed by atoms with Crippen LogP contribution < -0.4 is 11.1 Å². The first-order valence-electron chi connectivity index (χ1n) is 5.98. The molecule has 0 aliphatic rings. The van der Waals surface area contributed by atoms with Crippen molar-refractivity contribution in [2.75, 3.05) is 11.9 Å². The van der Waals surface area contributed by atoms with E-state index in [-0.39, 0.29) is 18.5 Å². The van der Waals surface area contributed by atoms with Gasteiger partial charge in [-0.25, -0.2) is 0 Å². The van der Waals surface area contributed by atoms with Gasteiger partial charge >= 0.3 is 6.18 Å². The molecule has 3 N–H and O–H groups in total. The largest absolute Gasteiger partial charge is 0.418 e. The highest BCUT2D eigenvalue weighted by molar-refractivity contribution is 6.05. The first-order chi connectivity index (χ1) is 9.27. The van der Waals surface area contributed by atoms with E-state index in [0.717, 1.165) is 19.1 Å². The lowest BCUT2D eigenvalue weighted by Crippen LogP contribution is -2.18. The maximum absolute atomic E-state index is 12.9. The standard InChI is InChI=1S/C13H15F3N2O2/c1-8(19)18-12-9(11(20)6-3-7-17)4-2-5-10(12)13(14,15)16/h2,4-5H,3,6-7,17H2,1H3,(H,18,19). The summed E-state index contributed by atoms with van der Waals surface area (Å²) in [5, 5.41) is 2.09. The number of rotatable bonds is 5. The van der Waals surface area contributed by atoms with Gasteiger partial charge in [-0.3, -0.25) is 9.59 Å². The minimum absolute atomic E-state index is 0.0321. The van der Waals surface area contributed by atoms with E-state index in [0.29, 0.717) is 6.42 Å². The van der Waals surface area contributed by atoms with E-state index in [1.807, 2.05) is 0 Å². The second-order valence-electron chi connectivity index (χ2n) is 4.22. The number of anilines is 1. The Balaban J connectivity index is 3.29. The van der Waals surface area contributed by atoms with Crippen LogP contribution in [0.25, 0.3) is 0 Å². The number of nitrogens with two attached hydrogens (primary N) is 1. The van der Waals surface area contributed by atoms with Crippen molar-refractivity contribution in [3.63, 3.8) is 0 Å². The molecule has 1 aromatic rings. The normalized spacial score (nSPS) is 11.2. The topological polar surface area (TPSA) is 72.2 Å². The van der Waals surface area contributed by atoms with Crippen LogP contribution in [0.2, 0.25) is 0 Å². The van der Waals surface area contributed by atoms with Crippen LogP contribution in [0, 0.1) is 0 Å². The summed E-state index contributed by atoms with van der Waals surface area (Å²) in [4.78, 5) is 23.0. The number of alkyl halides is 3. The van der Waals surface area contributed by atoms with Crippen LogP contribution in [-0.4, -0.2) is 18.2 Å². The van der Waals surface area contributed by atoms with Gasteiger partial charge in [0.05, 0.1) is 11.3 Å². The third-order valence-corrected chi connectivity index (χ3v) is 2.58. The molecule has 0 fully saturated rings. The second kappa shape index (κ2) is 6.51. The summed E-state index contributed by atoms with van der Waals surface area (Å²) in [6.45, 7) is 1.35. The van der Waals surface area contributed by atoms with E-state index in [1.165, 1.54) is 6.07 Å². The fraction of sp³-hybridized carbons (Fsp3) is 0.385. The Bertz CT molecular complexity index is 513. The van der Waals surface area contributed by atoms with Crippen molar-refractivity contribution in [2.45, 2.75) is 25.9 Å². The number of ketones is 1. The minimum Gasteiger partial charge on any atom is -0.330 e. The predicted molar refractivity (Wildman–Crippen MR) is 68.4 cm³/mol. The first-order valence-corrected chi connectivity index (χ1v) is 5.98. The van der Waals surface area contributed by atoms with Crippen LogP contribution in [0.1, 0.15) is 35.7 Å². The maximum Gasteiger partial charge on any atom is 0.418 e. The molecule has 0 heterocycles. The zero-order valence-electron chi connectivity index (χ0n) is 10.9. The fourth-order valence-electron chi connectivity index (χ4n) is 1.73. The third kappa shape index (κ3) is 4.06. The molecule has 1 amide bonds. The number of carbonyl (C=O) groups excluding carboxylic acids is 2. The molecule has 4 nitrogen and oxygen atoms in total. The molecule has 0 aromatic heterocycles. The monoisotopic (exact) mass is 288 g/mol. The number of halogens is 3. The number of amides is 1. The Morgan fingerprint density at radius 1 is 1.30 bits per heavy atom. The van der Waals surface area contributed by atoms with E-state index in [2.05, 4.69) is 5.32 Å². The van der Waals surface area contributed by atoms with Gasteiger partial charge in [0.25, 0.3) is 0 Å². The van der Waals surface area contributed by atoms with Gasteiger partial charge in [-0.15, -0.1) is 0 Å². The molecule has 0 aliphatic carbocycles. The lowest BCUT2D eigenvalue weighted by Gasteiger charge is -2.16. The van der Waals surface area contributed by atoms with Crippen molar-refractivity contribution in [3.8, 4) is 0 Å². The molecular formula is C13H15F3N2O2. The third-order valence-electron chi connectivity index (χ3n) is 2.58. The Hall–Kier alpha value is -1.89. The Kier molecular flexibility index (Phi) is 5.26. The van der Waals surface area contributed by atoms with E-state index < -0.39 is 29.1 Å². The Morgan fingerprint density at radius 2 is 1.95 bits per heavy atom. The number of hydrogen-bond acceptors (Lipinski definition) is 3. The second-order valence-corrected chi connectivity index (χ2v) is 4.22. The highest BCUT2D eigenvalue weighted by Crippen LogP contribution is 2.37. The van der Waals surface area contributed by atoms with Gasteiger partial charge in [0.1, 0.15) is 0 Å². The predicted octanol–water partition coefficient (Wildman–Crippen LogP) is 2.59. The number of Topliss-reactive ketones (excluding diaryl/α,β-unsaturated/α-hetero) is 1. The van der Waals surface area contributed by atoms with Crippen LogP contribution >= 0.6 is 0 Å². The van der Waals surface area contributed by atoms with Crippen LogP contribution in [0.3, 0.4) is 0 Å². The minimum atomic E-state index is -4.65. The summed E-state index contributed by atoms with van der Waals surface area (Å²) in [6.07, 6.45) is -4.25. The van der Waals surface area contributed by atoms with Crippen molar-refractivity contribution in [1.82, 2.24) is 0 Å². The van der Waals surface area contributed by atoms with Crippen LogP contribution in [-0.2, 0) is 11.0 Å². The van der Waals surface area contributed by atoms with Gasteiger partial charge in [-0.1, -0.05) is 6.07 Å². The van der Waals surface area contributed by atoms with Gasteiger partial charge in [-0.05, 0) is 25.1 Å². The van der Waals surface area contributed by atoms with Gasteiger partial charge in [0, 0.05) is 18.9 Å². The van der Waals surface area contributed by atoms with Crippen LogP contribution in [0.15, 0.2) is 18.2 Å². The van der Waals surface area contributed by atoms with E-state index >= 15 is 0 Å². The molecule has 0 atom stereocenters. The van der Waals surface area contributed by atoms with Gasteiger partial charge in [-0.2, -0.15) is 13.2 Å². The average Bonchev–Trinajstić information content (AvgIpc) is 2.34. The molecule has 0 radical (unpaired) electrons. The lowest BCUT2D eigenvalue weighted by atomic mass is 10.00. The fourth-order valence-corrected chi connectivity index (χ4v) is 1.73. The van der Waals surface area contributed by atoms with Gasteiger partial charge in [0.2, 0.25) is 5.91 Å². The zero-order valence-corrected chi connectivity index (χ0v) is 10.9.